The van der Waals surface area contributed by atoms with E-state index in [1.54, 1.807) is 0 Å². The van der Waals surface area contributed by atoms with Crippen LogP contribution in [0.2, 0.25) is 0 Å². The quantitative estimate of drug-likeness (QED) is 0.0261. The summed E-state index contributed by atoms with van der Waals surface area (Å²) in [6, 6.07) is 0. The van der Waals surface area contributed by atoms with E-state index < -0.39 is 6.10 Å². The zero-order valence-corrected chi connectivity index (χ0v) is 46.6. The highest BCUT2D eigenvalue weighted by atomic mass is 16.6. The third kappa shape index (κ3) is 56.7. The van der Waals surface area contributed by atoms with E-state index in [1.165, 1.54) is 238 Å². The van der Waals surface area contributed by atoms with Crippen molar-refractivity contribution in [3.63, 3.8) is 0 Å². The first-order valence-corrected chi connectivity index (χ1v) is 30.8. The Morgan fingerprint density at radius 3 is 0.797 bits per heavy atom. The lowest BCUT2D eigenvalue weighted by molar-refractivity contribution is -0.167. The number of esters is 3. The summed E-state index contributed by atoms with van der Waals surface area (Å²) in [5.41, 5.74) is 0. The van der Waals surface area contributed by atoms with Crippen molar-refractivity contribution in [3.05, 3.63) is 24.3 Å². The minimum atomic E-state index is -0.766. The molecule has 6 nitrogen and oxygen atoms in total. The molecule has 0 heterocycles. The molecule has 0 aliphatic carbocycles. The molecule has 0 rings (SSSR count). The average Bonchev–Trinajstić information content (AvgIpc) is 3.35. The first kappa shape index (κ1) is 66.9. The minimum absolute atomic E-state index is 0.0658. The predicted octanol–water partition coefficient (Wildman–Crippen LogP) is 20.7. The molecule has 0 amide bonds. The van der Waals surface area contributed by atoms with Crippen LogP contribution in [0.5, 0.6) is 0 Å². The second-order valence-electron chi connectivity index (χ2n) is 21.0. The van der Waals surface area contributed by atoms with Crippen molar-refractivity contribution in [2.45, 2.75) is 348 Å². The minimum Gasteiger partial charge on any atom is -0.462 e. The summed E-state index contributed by atoms with van der Waals surface area (Å²) in [6.45, 7) is 6.68. The lowest BCUT2D eigenvalue weighted by atomic mass is 10.0. The maximum absolute atomic E-state index is 12.9. The fourth-order valence-corrected chi connectivity index (χ4v) is 9.30. The molecule has 1 unspecified atom stereocenters. The Morgan fingerprint density at radius 2 is 0.522 bits per heavy atom. The third-order valence-corrected chi connectivity index (χ3v) is 14.0. The second-order valence-corrected chi connectivity index (χ2v) is 21.0. The smallest absolute Gasteiger partial charge is 0.306 e. The van der Waals surface area contributed by atoms with E-state index in [9.17, 15) is 14.4 Å². The van der Waals surface area contributed by atoms with Crippen molar-refractivity contribution in [3.8, 4) is 0 Å². The summed E-state index contributed by atoms with van der Waals surface area (Å²) in [7, 11) is 0. The van der Waals surface area contributed by atoms with Crippen molar-refractivity contribution >= 4 is 17.9 Å². The molecule has 0 saturated carbocycles. The molecular weight excluding hydrogens is 853 g/mol. The van der Waals surface area contributed by atoms with Crippen LogP contribution in [-0.4, -0.2) is 37.2 Å². The molecule has 0 aromatic rings. The van der Waals surface area contributed by atoms with Crippen LogP contribution in [0.3, 0.4) is 0 Å². The van der Waals surface area contributed by atoms with Crippen molar-refractivity contribution in [2.24, 2.45) is 0 Å². The Kier molecular flexibility index (Phi) is 56.7. The summed E-state index contributed by atoms with van der Waals surface area (Å²) in [4.78, 5) is 38.2. The first-order valence-electron chi connectivity index (χ1n) is 30.8. The number of allylic oxidation sites excluding steroid dienone is 4. The molecule has 406 valence electrons. The van der Waals surface area contributed by atoms with E-state index in [1.807, 2.05) is 0 Å². The third-order valence-electron chi connectivity index (χ3n) is 14.0. The van der Waals surface area contributed by atoms with Gasteiger partial charge in [0.25, 0.3) is 0 Å². The Morgan fingerprint density at radius 1 is 0.290 bits per heavy atom. The molecular formula is C63H118O6. The SMILES string of the molecule is CCCCCCC/C=C\C/C=C\CCCCCCCCCCCCCC(=O)OCC(COC(=O)CCCCCCCCCCCCC)OC(=O)CCCCCCCCCCCCCCCCCCC. The van der Waals surface area contributed by atoms with Crippen molar-refractivity contribution in [2.75, 3.05) is 13.2 Å². The lowest BCUT2D eigenvalue weighted by Crippen LogP contribution is -2.30. The van der Waals surface area contributed by atoms with Gasteiger partial charge in [0, 0.05) is 19.3 Å². The molecule has 0 aromatic heterocycles. The van der Waals surface area contributed by atoms with Crippen LogP contribution in [-0.2, 0) is 28.6 Å². The Bertz CT molecular complexity index is 1110. The van der Waals surface area contributed by atoms with Gasteiger partial charge in [-0.25, -0.2) is 0 Å². The van der Waals surface area contributed by atoms with Crippen LogP contribution in [0.4, 0.5) is 0 Å². The molecule has 1 atom stereocenters. The highest BCUT2D eigenvalue weighted by Gasteiger charge is 2.19. The summed E-state index contributed by atoms with van der Waals surface area (Å²) in [5.74, 6) is -0.844. The Balaban J connectivity index is 4.23. The molecule has 0 bridgehead atoms. The summed E-state index contributed by atoms with van der Waals surface area (Å²) >= 11 is 0. The number of hydrogen-bond donors (Lipinski definition) is 0. The van der Waals surface area contributed by atoms with E-state index >= 15 is 0 Å². The monoisotopic (exact) mass is 971 g/mol. The zero-order chi connectivity index (χ0) is 50.0. The maximum atomic E-state index is 12.9. The van der Waals surface area contributed by atoms with Crippen LogP contribution < -0.4 is 0 Å². The van der Waals surface area contributed by atoms with Gasteiger partial charge in [-0.2, -0.15) is 0 Å². The van der Waals surface area contributed by atoms with E-state index in [-0.39, 0.29) is 31.1 Å². The van der Waals surface area contributed by atoms with Gasteiger partial charge in [0.2, 0.25) is 0 Å². The van der Waals surface area contributed by atoms with Crippen molar-refractivity contribution in [1.29, 1.82) is 0 Å². The topological polar surface area (TPSA) is 78.9 Å². The molecule has 0 N–H and O–H groups in total. The van der Waals surface area contributed by atoms with E-state index in [0.29, 0.717) is 19.3 Å². The van der Waals surface area contributed by atoms with Crippen molar-refractivity contribution < 1.29 is 28.6 Å². The highest BCUT2D eigenvalue weighted by molar-refractivity contribution is 5.71. The molecule has 6 heteroatoms. The van der Waals surface area contributed by atoms with Gasteiger partial charge in [-0.3, -0.25) is 14.4 Å². The van der Waals surface area contributed by atoms with E-state index in [0.717, 1.165) is 64.2 Å². The van der Waals surface area contributed by atoms with Crippen molar-refractivity contribution in [1.82, 2.24) is 0 Å². The molecule has 0 aliphatic heterocycles. The fourth-order valence-electron chi connectivity index (χ4n) is 9.30. The van der Waals surface area contributed by atoms with Gasteiger partial charge in [-0.05, 0) is 51.4 Å². The highest BCUT2D eigenvalue weighted by Crippen LogP contribution is 2.17. The number of carbonyl (C=O) groups excluding carboxylic acids is 3. The molecule has 69 heavy (non-hydrogen) atoms. The normalized spacial score (nSPS) is 12.1. The largest absolute Gasteiger partial charge is 0.462 e. The van der Waals surface area contributed by atoms with Crippen LogP contribution in [0.25, 0.3) is 0 Å². The molecule has 0 saturated heterocycles. The molecule has 0 radical (unpaired) electrons. The van der Waals surface area contributed by atoms with Gasteiger partial charge in [-0.15, -0.1) is 0 Å². The maximum Gasteiger partial charge on any atom is 0.306 e. The number of unbranched alkanes of at least 4 members (excludes halogenated alkanes) is 42. The zero-order valence-electron chi connectivity index (χ0n) is 46.6. The van der Waals surface area contributed by atoms with Gasteiger partial charge in [-0.1, -0.05) is 295 Å². The number of carbonyl (C=O) groups is 3. The summed E-state index contributed by atoms with van der Waals surface area (Å²) in [5, 5.41) is 0. The van der Waals surface area contributed by atoms with Crippen LogP contribution >= 0.6 is 0 Å². The Hall–Kier alpha value is -2.11. The van der Waals surface area contributed by atoms with Gasteiger partial charge < -0.3 is 14.2 Å². The van der Waals surface area contributed by atoms with E-state index in [4.69, 9.17) is 14.2 Å². The standard InChI is InChI=1S/C63H118O6/c1-4-7-10-13-16-19-22-24-26-28-29-30-31-32-33-35-36-38-41-44-47-50-53-56-62(65)68-59-60(58-67-61(64)55-52-49-46-43-40-21-18-15-12-9-6-3)69-63(66)57-54-51-48-45-42-39-37-34-27-25-23-20-17-14-11-8-5-2/h22,24,28-29,60H,4-21,23,25-27,30-59H2,1-3H3/b24-22-,29-28-. The van der Waals surface area contributed by atoms with Gasteiger partial charge in [0.1, 0.15) is 13.2 Å². The molecule has 0 aromatic carbocycles. The van der Waals surface area contributed by atoms with Gasteiger partial charge in [0.15, 0.2) is 6.10 Å². The molecule has 0 spiro atoms. The Labute approximate surface area is 430 Å². The van der Waals surface area contributed by atoms with Gasteiger partial charge >= 0.3 is 17.9 Å². The average molecular weight is 972 g/mol. The lowest BCUT2D eigenvalue weighted by Gasteiger charge is -2.18. The number of rotatable bonds is 57. The molecule has 0 aliphatic rings. The van der Waals surface area contributed by atoms with Gasteiger partial charge in [0.05, 0.1) is 0 Å². The van der Waals surface area contributed by atoms with E-state index in [2.05, 4.69) is 45.1 Å². The number of hydrogen-bond acceptors (Lipinski definition) is 6. The van der Waals surface area contributed by atoms with Crippen LogP contribution in [0, 0.1) is 0 Å². The summed E-state index contributed by atoms with van der Waals surface area (Å²) < 4.78 is 16.9. The fraction of sp³-hybridized carbons (Fsp3) is 0.889. The number of ether oxygens (including phenoxy) is 3. The van der Waals surface area contributed by atoms with Crippen LogP contribution in [0.15, 0.2) is 24.3 Å². The predicted molar refractivity (Wildman–Crippen MR) is 298 cm³/mol. The summed E-state index contributed by atoms with van der Waals surface area (Å²) in [6.07, 6.45) is 68.9. The second kappa shape index (κ2) is 58.5. The van der Waals surface area contributed by atoms with Crippen LogP contribution in [0.1, 0.15) is 342 Å². The molecule has 0 fully saturated rings. The first-order chi connectivity index (χ1) is 34.0.